The minimum Gasteiger partial charge on any atom is -0.370 e. The number of hydrogen-bond acceptors (Lipinski definition) is 3. The van der Waals surface area contributed by atoms with E-state index >= 15 is 0 Å². The zero-order valence-electron chi connectivity index (χ0n) is 11.7. The molecule has 2 amide bonds. The van der Waals surface area contributed by atoms with Gasteiger partial charge in [0.25, 0.3) is 0 Å². The molecule has 1 aromatic carbocycles. The van der Waals surface area contributed by atoms with Crippen LogP contribution in [0, 0.1) is 5.41 Å². The molecular formula is C15H17N5O. The number of guanidine groups is 1. The third kappa shape index (κ3) is 3.17. The first-order valence-corrected chi connectivity index (χ1v) is 6.57. The summed E-state index contributed by atoms with van der Waals surface area (Å²) in [5.41, 5.74) is 6.15. The number of urea groups is 1. The summed E-state index contributed by atoms with van der Waals surface area (Å²) in [6.07, 6.45) is 1.61. The van der Waals surface area contributed by atoms with Gasteiger partial charge in [0.2, 0.25) is 0 Å². The van der Waals surface area contributed by atoms with Gasteiger partial charge in [-0.2, -0.15) is 0 Å². The van der Waals surface area contributed by atoms with Crippen molar-refractivity contribution in [1.29, 1.82) is 5.41 Å². The Bertz CT molecular complexity index is 575. The minimum atomic E-state index is -0.408. The predicted octanol–water partition coefficient (Wildman–Crippen LogP) is 2.56. The summed E-state index contributed by atoms with van der Waals surface area (Å²) >= 11 is 0. The average Bonchev–Trinajstić information content (AvgIpc) is 2.50. The molecule has 0 bridgehead atoms. The number of nitrogens with zero attached hydrogens (tertiary/aromatic N) is 3. The number of pyridine rings is 1. The van der Waals surface area contributed by atoms with Gasteiger partial charge in [-0.1, -0.05) is 24.3 Å². The Labute approximate surface area is 123 Å². The molecule has 0 unspecified atom stereocenters. The number of nitrogens with two attached hydrogens (primary N) is 1. The Morgan fingerprint density at radius 1 is 1.19 bits per heavy atom. The molecule has 0 saturated carbocycles. The van der Waals surface area contributed by atoms with E-state index in [1.54, 1.807) is 43.5 Å². The second kappa shape index (κ2) is 6.51. The van der Waals surface area contributed by atoms with E-state index in [1.165, 1.54) is 9.80 Å². The van der Waals surface area contributed by atoms with E-state index in [1.807, 2.05) is 18.2 Å². The average molecular weight is 283 g/mol. The molecular weight excluding hydrogens is 266 g/mol. The third-order valence-electron chi connectivity index (χ3n) is 2.92. The van der Waals surface area contributed by atoms with Crippen LogP contribution in [0.5, 0.6) is 0 Å². The van der Waals surface area contributed by atoms with Crippen molar-refractivity contribution in [3.63, 3.8) is 0 Å². The van der Waals surface area contributed by atoms with Crippen molar-refractivity contribution in [2.75, 3.05) is 11.4 Å². The molecule has 0 fully saturated rings. The van der Waals surface area contributed by atoms with Crippen molar-refractivity contribution in [2.45, 2.75) is 6.92 Å². The first-order chi connectivity index (χ1) is 10.1. The second-order valence-corrected chi connectivity index (χ2v) is 4.27. The molecule has 0 atom stereocenters. The zero-order valence-corrected chi connectivity index (χ0v) is 11.7. The Morgan fingerprint density at radius 3 is 2.38 bits per heavy atom. The first kappa shape index (κ1) is 14.5. The lowest BCUT2D eigenvalue weighted by molar-refractivity contribution is 0.230. The first-order valence-electron chi connectivity index (χ1n) is 6.57. The highest BCUT2D eigenvalue weighted by atomic mass is 16.2. The Balaban J connectivity index is 2.47. The normalized spacial score (nSPS) is 9.95. The van der Waals surface area contributed by atoms with Crippen LogP contribution in [0.4, 0.5) is 16.3 Å². The molecule has 1 heterocycles. The van der Waals surface area contributed by atoms with Gasteiger partial charge in [-0.05, 0) is 31.2 Å². The van der Waals surface area contributed by atoms with Crippen LogP contribution in [-0.4, -0.2) is 28.4 Å². The zero-order chi connectivity index (χ0) is 15.2. The molecule has 108 valence electrons. The highest BCUT2D eigenvalue weighted by Gasteiger charge is 2.25. The van der Waals surface area contributed by atoms with Crippen molar-refractivity contribution in [1.82, 2.24) is 9.88 Å². The molecule has 0 aliphatic carbocycles. The molecule has 1 aromatic heterocycles. The number of para-hydroxylation sites is 1. The molecule has 0 radical (unpaired) electrons. The van der Waals surface area contributed by atoms with Gasteiger partial charge in [0.1, 0.15) is 5.82 Å². The smallest absolute Gasteiger partial charge is 0.337 e. The van der Waals surface area contributed by atoms with Crippen molar-refractivity contribution in [3.05, 3.63) is 54.7 Å². The molecule has 3 N–H and O–H groups in total. The molecule has 0 spiro atoms. The summed E-state index contributed by atoms with van der Waals surface area (Å²) in [6, 6.07) is 14.1. The van der Waals surface area contributed by atoms with E-state index in [4.69, 9.17) is 11.1 Å². The molecule has 6 nitrogen and oxygen atoms in total. The van der Waals surface area contributed by atoms with E-state index in [-0.39, 0.29) is 5.96 Å². The maximum atomic E-state index is 12.7. The summed E-state index contributed by atoms with van der Waals surface area (Å²) in [5.74, 6) is 0.188. The standard InChI is InChI=1S/C15H17N5O/c1-2-19(14(16)17)15(21)20(12-8-4-3-5-9-12)13-10-6-7-11-18-13/h3-11H,2H2,1H3,(H3,16,17). The van der Waals surface area contributed by atoms with Crippen LogP contribution < -0.4 is 10.6 Å². The molecule has 0 aliphatic heterocycles. The molecule has 2 aromatic rings. The molecule has 21 heavy (non-hydrogen) atoms. The second-order valence-electron chi connectivity index (χ2n) is 4.27. The van der Waals surface area contributed by atoms with Crippen LogP contribution >= 0.6 is 0 Å². The Morgan fingerprint density at radius 2 is 1.86 bits per heavy atom. The van der Waals surface area contributed by atoms with Crippen LogP contribution in [0.3, 0.4) is 0 Å². The molecule has 0 saturated heterocycles. The fraction of sp³-hybridized carbons (Fsp3) is 0.133. The monoisotopic (exact) mass is 283 g/mol. The number of aromatic nitrogens is 1. The number of anilines is 2. The summed E-state index contributed by atoms with van der Waals surface area (Å²) < 4.78 is 0. The van der Waals surface area contributed by atoms with Gasteiger partial charge in [0.15, 0.2) is 5.96 Å². The summed E-state index contributed by atoms with van der Waals surface area (Å²) in [4.78, 5) is 19.5. The van der Waals surface area contributed by atoms with Gasteiger partial charge in [0.05, 0.1) is 5.69 Å². The lowest BCUT2D eigenvalue weighted by Gasteiger charge is -2.28. The van der Waals surface area contributed by atoms with Crippen molar-refractivity contribution in [2.24, 2.45) is 5.73 Å². The van der Waals surface area contributed by atoms with Gasteiger partial charge >= 0.3 is 6.03 Å². The minimum absolute atomic E-state index is 0.292. The number of carbonyl (C=O) groups excluding carboxylic acids is 1. The quantitative estimate of drug-likeness (QED) is 0.670. The lowest BCUT2D eigenvalue weighted by atomic mass is 10.3. The van der Waals surface area contributed by atoms with Crippen LogP contribution in [0.15, 0.2) is 54.7 Å². The maximum Gasteiger partial charge on any atom is 0.337 e. The number of amides is 2. The SMILES string of the molecule is CCN(C(=N)N)C(=O)N(c1ccccc1)c1ccccn1. The predicted molar refractivity (Wildman–Crippen MR) is 82.5 cm³/mol. The number of nitrogens with one attached hydrogen (secondary N) is 1. The maximum absolute atomic E-state index is 12.7. The van der Waals surface area contributed by atoms with E-state index in [0.29, 0.717) is 18.1 Å². The van der Waals surface area contributed by atoms with Crippen LogP contribution in [0.25, 0.3) is 0 Å². The van der Waals surface area contributed by atoms with Crippen molar-refractivity contribution >= 4 is 23.5 Å². The summed E-state index contributed by atoms with van der Waals surface area (Å²) in [6.45, 7) is 2.07. The highest BCUT2D eigenvalue weighted by molar-refractivity contribution is 6.06. The highest BCUT2D eigenvalue weighted by Crippen LogP contribution is 2.24. The van der Waals surface area contributed by atoms with E-state index in [9.17, 15) is 4.79 Å². The lowest BCUT2D eigenvalue weighted by Crippen LogP contribution is -2.47. The fourth-order valence-corrected chi connectivity index (χ4v) is 1.93. The van der Waals surface area contributed by atoms with Crippen LogP contribution in [0.2, 0.25) is 0 Å². The topological polar surface area (TPSA) is 86.3 Å². The van der Waals surface area contributed by atoms with E-state index < -0.39 is 6.03 Å². The van der Waals surface area contributed by atoms with Gasteiger partial charge in [0, 0.05) is 12.7 Å². The molecule has 6 heteroatoms. The van der Waals surface area contributed by atoms with Crippen LogP contribution in [-0.2, 0) is 0 Å². The van der Waals surface area contributed by atoms with Crippen LogP contribution in [0.1, 0.15) is 6.92 Å². The summed E-state index contributed by atoms with van der Waals surface area (Å²) in [7, 11) is 0. The van der Waals surface area contributed by atoms with Crippen molar-refractivity contribution < 1.29 is 4.79 Å². The molecule has 2 rings (SSSR count). The number of benzene rings is 1. The van der Waals surface area contributed by atoms with Gasteiger partial charge < -0.3 is 5.73 Å². The Hall–Kier alpha value is -2.89. The fourth-order valence-electron chi connectivity index (χ4n) is 1.93. The summed E-state index contributed by atoms with van der Waals surface area (Å²) in [5, 5.41) is 7.54. The number of rotatable bonds is 3. The van der Waals surface area contributed by atoms with E-state index in [2.05, 4.69) is 4.98 Å². The van der Waals surface area contributed by atoms with E-state index in [0.717, 1.165) is 0 Å². The largest absolute Gasteiger partial charge is 0.370 e. The Kier molecular flexibility index (Phi) is 4.50. The van der Waals surface area contributed by atoms with Gasteiger partial charge in [-0.25, -0.2) is 14.7 Å². The van der Waals surface area contributed by atoms with Gasteiger partial charge in [-0.15, -0.1) is 0 Å². The van der Waals surface area contributed by atoms with Crippen molar-refractivity contribution in [3.8, 4) is 0 Å². The number of hydrogen-bond donors (Lipinski definition) is 2. The molecule has 0 aliphatic rings. The third-order valence-corrected chi connectivity index (χ3v) is 2.92. The number of carbonyl (C=O) groups is 1. The van der Waals surface area contributed by atoms with Gasteiger partial charge in [-0.3, -0.25) is 10.3 Å².